The van der Waals surface area contributed by atoms with Gasteiger partial charge in [-0.2, -0.15) is 0 Å². The Bertz CT molecular complexity index is 8190. The Hall–Kier alpha value is -15.2. The molecule has 4 heterocycles. The van der Waals surface area contributed by atoms with Gasteiger partial charge in [0.05, 0.1) is 29.3 Å². The molecule has 25 rings (SSSR count). The second-order valence-electron chi connectivity index (χ2n) is 41.8. The Kier molecular flexibility index (Phi) is 17.2. The summed E-state index contributed by atoms with van der Waals surface area (Å²) in [6, 6.07) is 142. The van der Waals surface area contributed by atoms with Crippen LogP contribution in [0.3, 0.4) is 0 Å². The summed E-state index contributed by atoms with van der Waals surface area (Å²) in [4.78, 5) is 10.3. The summed E-state index contributed by atoms with van der Waals surface area (Å²) < 4.78 is 48.9. The first-order valence-corrected chi connectivity index (χ1v) is 47.8. The van der Waals surface area contributed by atoms with Gasteiger partial charge in [0.1, 0.15) is 0 Å². The first-order valence-electron chi connectivity index (χ1n) is 50.3. The molecule has 4 aliphatic heterocycles. The van der Waals surface area contributed by atoms with E-state index in [4.69, 9.17) is 0 Å². The zero-order valence-electron chi connectivity index (χ0n) is 83.3. The van der Waals surface area contributed by atoms with E-state index in [2.05, 4.69) is 485 Å². The lowest BCUT2D eigenvalue weighted by molar-refractivity contribution is 0.568. The SMILES string of the molecule is [2H]c1c([2H])c([2H])c(-c2cc3c4c(c2)N(c2c(-c5ccccc5)cc(C(C)(C)C)cc2-c2ccccc2)c2ccccc2B4c2cc4c(cc2N3c2cc(C(C)(C)C)cc(C(C)(C)C)c2)N(c2ccccc2)c2cc3cc(-c5cccc6c5C5(c7ccccc7-c7ccccc75)c5ccccc5-6)ccc3c3c2B4c2ccccc2N3c2c(-c3ccccc3)cc(C(C)(C)C)cc2-c2ccccc2)c([2H])c1[2H]. The van der Waals surface area contributed by atoms with Gasteiger partial charge in [-0.05, 0) is 262 Å². The second-order valence-corrected chi connectivity index (χ2v) is 41.8. The lowest BCUT2D eigenvalue weighted by Gasteiger charge is -2.48. The fourth-order valence-electron chi connectivity index (χ4n) is 23.5. The highest BCUT2D eigenvalue weighted by Crippen LogP contribution is 2.66. The van der Waals surface area contributed by atoms with Gasteiger partial charge in [0, 0.05) is 78.8 Å². The van der Waals surface area contributed by atoms with Gasteiger partial charge in [-0.15, -0.1) is 0 Å². The molecule has 0 unspecified atom stereocenters. The molecule has 0 saturated carbocycles. The standard InChI is InChI=1S/C129H104B2N4/c1-125(2,3)89-72-90(126(4,5)6)74-94(73-89)133-115-80-114-111(79-110(115)130-108-62-37-39-64-112(108)134(117-70-87(69-116(133)120(117)130)81-42-19-13-20-43-81)122-101(82-44-21-14-22-45-82)75-91(127(7,8)9)76-102(122)83-46-23-15-24-47-83)131-109-63-38-40-65-113(109)135(123-103(84-48-25-16-26-49-84)77-92(128(10,11)12)78-104(123)85-50-27-17-28-51-85)124-96-67-66-86(68-88(96)71-118(121(124)131)132(114)93-52-29-18-30-53-93)95-57-41-58-100-99-56-33-36-61-107(99)129(119(95)100)105-59-34-31-54-97(105)98-55-32-35-60-106(98)129/h13-80H,1-12H3/i13D,19D,20D,42D,43D. The second kappa shape index (κ2) is 30.4. The van der Waals surface area contributed by atoms with Gasteiger partial charge in [0.25, 0.3) is 13.4 Å². The highest BCUT2D eigenvalue weighted by Gasteiger charge is 2.55. The molecule has 0 atom stereocenters. The number of fused-ring (bicyclic) bond motifs is 20. The van der Waals surface area contributed by atoms with Crippen LogP contribution >= 0.6 is 0 Å². The Morgan fingerprint density at radius 2 is 0.615 bits per heavy atom. The number of benzene rings is 19. The number of anilines is 12. The zero-order valence-corrected chi connectivity index (χ0v) is 78.3. The van der Waals surface area contributed by atoms with Crippen molar-refractivity contribution in [3.8, 4) is 89.0 Å². The van der Waals surface area contributed by atoms with E-state index >= 15 is 0 Å². The molecule has 6 aliphatic rings. The Morgan fingerprint density at radius 1 is 0.230 bits per heavy atom. The molecule has 6 heteroatoms. The van der Waals surface area contributed by atoms with Crippen molar-refractivity contribution in [1.82, 2.24) is 0 Å². The van der Waals surface area contributed by atoms with E-state index in [1.165, 1.54) is 66.7 Å². The lowest BCUT2D eigenvalue weighted by atomic mass is 9.30. The molecule has 0 bridgehead atoms. The summed E-state index contributed by atoms with van der Waals surface area (Å²) in [6.45, 7) is 26.9. The third-order valence-electron chi connectivity index (χ3n) is 29.8. The minimum absolute atomic E-state index is 0.116. The average molecular weight is 1740 g/mol. The van der Waals surface area contributed by atoms with Crippen LogP contribution in [0.2, 0.25) is 0 Å². The quantitative estimate of drug-likeness (QED) is 0.127. The van der Waals surface area contributed by atoms with E-state index in [9.17, 15) is 6.85 Å². The van der Waals surface area contributed by atoms with Gasteiger partial charge in [-0.1, -0.05) is 404 Å². The molecule has 0 saturated heterocycles. The Morgan fingerprint density at radius 3 is 1.10 bits per heavy atom. The maximum Gasteiger partial charge on any atom is 0.252 e. The van der Waals surface area contributed by atoms with Crippen LogP contribution in [-0.4, -0.2) is 13.4 Å². The maximum absolute atomic E-state index is 10.2. The van der Waals surface area contributed by atoms with Crippen molar-refractivity contribution in [3.05, 3.63) is 457 Å². The molecule has 19 aromatic carbocycles. The molecule has 646 valence electrons. The van der Waals surface area contributed by atoms with Crippen molar-refractivity contribution in [1.29, 1.82) is 0 Å². The van der Waals surface area contributed by atoms with Gasteiger partial charge in [0.15, 0.2) is 0 Å². The van der Waals surface area contributed by atoms with Gasteiger partial charge in [-0.3, -0.25) is 0 Å². The van der Waals surface area contributed by atoms with E-state index in [0.717, 1.165) is 168 Å². The van der Waals surface area contributed by atoms with Crippen LogP contribution in [0.5, 0.6) is 0 Å². The summed E-state index contributed by atoms with van der Waals surface area (Å²) >= 11 is 0. The van der Waals surface area contributed by atoms with E-state index in [1.54, 1.807) is 0 Å². The molecule has 0 aromatic heterocycles. The normalized spacial score (nSPS) is 14.4. The largest absolute Gasteiger partial charge is 0.311 e. The summed E-state index contributed by atoms with van der Waals surface area (Å²) in [5.41, 5.74) is 42.8. The summed E-state index contributed by atoms with van der Waals surface area (Å²) in [7, 11) is 0. The first kappa shape index (κ1) is 76.3. The number of hydrogen-bond acceptors (Lipinski definition) is 4. The van der Waals surface area contributed by atoms with Crippen LogP contribution in [0.25, 0.3) is 99.8 Å². The predicted octanol–water partition coefficient (Wildman–Crippen LogP) is 30.5. The third-order valence-corrected chi connectivity index (χ3v) is 29.8. The lowest BCUT2D eigenvalue weighted by Crippen LogP contribution is -2.65. The molecule has 0 fully saturated rings. The molecule has 19 aromatic rings. The molecule has 135 heavy (non-hydrogen) atoms. The fraction of sp³-hybridized carbons (Fsp3) is 0.132. The number of hydrogen-bond donors (Lipinski definition) is 0. The fourth-order valence-corrected chi connectivity index (χ4v) is 23.5. The van der Waals surface area contributed by atoms with Gasteiger partial charge in [-0.25, -0.2) is 0 Å². The van der Waals surface area contributed by atoms with Crippen molar-refractivity contribution < 1.29 is 6.85 Å². The topological polar surface area (TPSA) is 13.0 Å². The van der Waals surface area contributed by atoms with Crippen LogP contribution in [0, 0.1) is 0 Å². The Labute approximate surface area is 802 Å². The zero-order chi connectivity index (χ0) is 95.8. The minimum Gasteiger partial charge on any atom is -0.311 e. The minimum atomic E-state index is -0.636. The number of nitrogens with zero attached hydrogens (tertiary/aromatic N) is 4. The molecular weight excluding hydrogens is 1630 g/mol. The molecule has 1 spiro atoms. The van der Waals surface area contributed by atoms with Crippen LogP contribution in [0.4, 0.5) is 68.2 Å². The molecular formula is C129H104B2N4. The molecule has 4 nitrogen and oxygen atoms in total. The smallest absolute Gasteiger partial charge is 0.252 e. The van der Waals surface area contributed by atoms with Gasteiger partial charge < -0.3 is 19.6 Å². The van der Waals surface area contributed by atoms with E-state index in [-0.39, 0.29) is 39.3 Å². The molecule has 0 radical (unpaired) electrons. The van der Waals surface area contributed by atoms with E-state index < -0.39 is 37.0 Å². The maximum atomic E-state index is 10.2. The van der Waals surface area contributed by atoms with Crippen molar-refractivity contribution in [3.63, 3.8) is 0 Å². The highest BCUT2D eigenvalue weighted by molar-refractivity contribution is 7.03. The summed E-state index contributed by atoms with van der Waals surface area (Å²) in [5.74, 6) is 0. The molecule has 0 N–H and O–H groups in total. The highest BCUT2D eigenvalue weighted by atomic mass is 15.2. The van der Waals surface area contributed by atoms with Crippen LogP contribution in [0.15, 0.2) is 412 Å². The summed E-state index contributed by atoms with van der Waals surface area (Å²) in [6.07, 6.45) is 0. The Balaban J connectivity index is 0.837. The van der Waals surface area contributed by atoms with E-state index in [0.29, 0.717) is 5.56 Å². The number of rotatable bonds is 10. The van der Waals surface area contributed by atoms with Crippen LogP contribution in [0.1, 0.15) is 134 Å². The predicted molar refractivity (Wildman–Crippen MR) is 576 cm³/mol. The average Bonchev–Trinajstić information content (AvgIpc) is 1.35. The van der Waals surface area contributed by atoms with Crippen molar-refractivity contribution in [2.24, 2.45) is 0 Å². The monoisotopic (exact) mass is 1740 g/mol. The van der Waals surface area contributed by atoms with Gasteiger partial charge >= 0.3 is 0 Å². The summed E-state index contributed by atoms with van der Waals surface area (Å²) in [5, 5.41) is 2.18. The van der Waals surface area contributed by atoms with Gasteiger partial charge in [0.2, 0.25) is 0 Å². The van der Waals surface area contributed by atoms with Crippen molar-refractivity contribution in [2.75, 3.05) is 19.6 Å². The molecule has 0 amide bonds. The third kappa shape index (κ3) is 12.6. The van der Waals surface area contributed by atoms with E-state index in [1.807, 2.05) is 0 Å². The number of para-hydroxylation sites is 3. The molecule has 2 aliphatic carbocycles. The van der Waals surface area contributed by atoms with Crippen LogP contribution < -0.4 is 52.4 Å². The van der Waals surface area contributed by atoms with Crippen molar-refractivity contribution >= 4 is 125 Å². The van der Waals surface area contributed by atoms with Crippen LogP contribution in [-0.2, 0) is 27.1 Å². The first-order chi connectivity index (χ1) is 67.6. The van der Waals surface area contributed by atoms with Crippen molar-refractivity contribution in [2.45, 2.75) is 110 Å².